The first kappa shape index (κ1) is 12.3. The van der Waals surface area contributed by atoms with Crippen molar-refractivity contribution < 1.29 is 4.74 Å². The van der Waals surface area contributed by atoms with Crippen LogP contribution in [0.5, 0.6) is 0 Å². The molecule has 2 aliphatic heterocycles. The maximum atomic E-state index is 6.34. The van der Waals surface area contributed by atoms with E-state index in [1.54, 1.807) is 0 Å². The molecule has 2 aliphatic rings. The van der Waals surface area contributed by atoms with Crippen LogP contribution in [0.2, 0.25) is 0 Å². The average molecular weight is 226 g/mol. The lowest BCUT2D eigenvalue weighted by Gasteiger charge is -2.31. The number of likely N-dealkylation sites (tertiary alicyclic amines) is 1. The van der Waals surface area contributed by atoms with Crippen molar-refractivity contribution in [3.63, 3.8) is 0 Å². The Morgan fingerprint density at radius 3 is 2.50 bits per heavy atom. The lowest BCUT2D eigenvalue weighted by atomic mass is 9.82. The van der Waals surface area contributed by atoms with Gasteiger partial charge in [0.25, 0.3) is 0 Å². The van der Waals surface area contributed by atoms with Crippen molar-refractivity contribution in [3.05, 3.63) is 0 Å². The summed E-state index contributed by atoms with van der Waals surface area (Å²) in [5, 5.41) is 0. The van der Waals surface area contributed by atoms with Crippen molar-refractivity contribution in [3.8, 4) is 0 Å². The Balaban J connectivity index is 1.89. The van der Waals surface area contributed by atoms with E-state index in [1.807, 2.05) is 0 Å². The highest BCUT2D eigenvalue weighted by molar-refractivity contribution is 4.95. The van der Waals surface area contributed by atoms with Gasteiger partial charge < -0.3 is 15.4 Å². The van der Waals surface area contributed by atoms with Crippen LogP contribution in [0.25, 0.3) is 0 Å². The highest BCUT2D eigenvalue weighted by Crippen LogP contribution is 2.37. The zero-order valence-corrected chi connectivity index (χ0v) is 10.8. The van der Waals surface area contributed by atoms with Gasteiger partial charge in [-0.3, -0.25) is 0 Å². The molecular weight excluding hydrogens is 200 g/mol. The summed E-state index contributed by atoms with van der Waals surface area (Å²) < 4.78 is 5.42. The number of hydrogen-bond acceptors (Lipinski definition) is 3. The van der Waals surface area contributed by atoms with Crippen molar-refractivity contribution in [1.82, 2.24) is 4.90 Å². The fraction of sp³-hybridized carbons (Fsp3) is 1.00. The zero-order valence-electron chi connectivity index (χ0n) is 10.8. The molecule has 2 rings (SSSR count). The maximum absolute atomic E-state index is 6.34. The molecule has 1 unspecified atom stereocenters. The summed E-state index contributed by atoms with van der Waals surface area (Å²) in [5.41, 5.74) is 6.84. The number of nitrogens with zero attached hydrogens (tertiary/aromatic N) is 1. The van der Waals surface area contributed by atoms with E-state index in [1.165, 1.54) is 32.4 Å². The van der Waals surface area contributed by atoms with Crippen molar-refractivity contribution in [2.45, 2.75) is 45.1 Å². The van der Waals surface area contributed by atoms with Gasteiger partial charge >= 0.3 is 0 Å². The molecule has 3 nitrogen and oxygen atoms in total. The molecule has 0 amide bonds. The third kappa shape index (κ3) is 2.41. The first-order valence-electron chi connectivity index (χ1n) is 6.70. The second-order valence-corrected chi connectivity index (χ2v) is 5.83. The van der Waals surface area contributed by atoms with Crippen LogP contribution < -0.4 is 5.73 Å². The van der Waals surface area contributed by atoms with E-state index in [0.29, 0.717) is 5.41 Å². The topological polar surface area (TPSA) is 38.5 Å². The fourth-order valence-corrected chi connectivity index (χ4v) is 3.18. The van der Waals surface area contributed by atoms with Crippen LogP contribution in [-0.4, -0.2) is 43.3 Å². The molecular formula is C13H26N2O. The van der Waals surface area contributed by atoms with E-state index in [9.17, 15) is 0 Å². The minimum Gasteiger partial charge on any atom is -0.379 e. The highest BCUT2D eigenvalue weighted by atomic mass is 16.5. The van der Waals surface area contributed by atoms with Gasteiger partial charge in [0.05, 0.1) is 12.1 Å². The lowest BCUT2D eigenvalue weighted by Crippen LogP contribution is -2.50. The Bertz CT molecular complexity index is 232. The van der Waals surface area contributed by atoms with E-state index in [4.69, 9.17) is 10.5 Å². The molecule has 1 atom stereocenters. The summed E-state index contributed by atoms with van der Waals surface area (Å²) in [4.78, 5) is 2.56. The predicted molar refractivity (Wildman–Crippen MR) is 66.4 cm³/mol. The summed E-state index contributed by atoms with van der Waals surface area (Å²) in [6.07, 6.45) is 4.97. The second kappa shape index (κ2) is 4.63. The second-order valence-electron chi connectivity index (χ2n) is 5.83. The number of rotatable bonds is 4. The minimum atomic E-state index is -0.0719. The Labute approximate surface area is 99.3 Å². The first-order chi connectivity index (χ1) is 7.61. The van der Waals surface area contributed by atoms with Crippen LogP contribution in [0.3, 0.4) is 0 Å². The van der Waals surface area contributed by atoms with Gasteiger partial charge in [0, 0.05) is 19.7 Å². The molecule has 0 radical (unpaired) electrons. The van der Waals surface area contributed by atoms with Crippen molar-refractivity contribution in [2.75, 3.05) is 32.8 Å². The zero-order chi connectivity index (χ0) is 11.6. The fourth-order valence-electron chi connectivity index (χ4n) is 3.18. The molecule has 3 heteroatoms. The van der Waals surface area contributed by atoms with Crippen molar-refractivity contribution in [1.29, 1.82) is 0 Å². The minimum absolute atomic E-state index is 0.0719. The standard InChI is InChI=1S/C13H26N2O/c1-3-12(4-2)5-7-15(9-12)10-13(14)6-8-16-11-13/h3-11,14H2,1-2H3. The summed E-state index contributed by atoms with van der Waals surface area (Å²) in [7, 11) is 0. The Morgan fingerprint density at radius 1 is 1.25 bits per heavy atom. The third-order valence-corrected chi connectivity index (χ3v) is 4.69. The van der Waals surface area contributed by atoms with Gasteiger partial charge in [-0.15, -0.1) is 0 Å². The van der Waals surface area contributed by atoms with Gasteiger partial charge in [-0.1, -0.05) is 13.8 Å². The van der Waals surface area contributed by atoms with Crippen LogP contribution in [-0.2, 0) is 4.74 Å². The van der Waals surface area contributed by atoms with Gasteiger partial charge in [0.1, 0.15) is 0 Å². The van der Waals surface area contributed by atoms with E-state index < -0.39 is 0 Å². The quantitative estimate of drug-likeness (QED) is 0.791. The Morgan fingerprint density at radius 2 is 2.00 bits per heavy atom. The Hall–Kier alpha value is -0.120. The van der Waals surface area contributed by atoms with Crippen molar-refractivity contribution in [2.24, 2.45) is 11.1 Å². The van der Waals surface area contributed by atoms with Crippen LogP contribution in [0.4, 0.5) is 0 Å². The molecule has 16 heavy (non-hydrogen) atoms. The van der Waals surface area contributed by atoms with Crippen LogP contribution in [0.1, 0.15) is 39.5 Å². The van der Waals surface area contributed by atoms with Gasteiger partial charge in [0.2, 0.25) is 0 Å². The summed E-state index contributed by atoms with van der Waals surface area (Å²) in [5.74, 6) is 0. The third-order valence-electron chi connectivity index (χ3n) is 4.69. The van der Waals surface area contributed by atoms with E-state index >= 15 is 0 Å². The molecule has 0 aromatic heterocycles. The summed E-state index contributed by atoms with van der Waals surface area (Å²) >= 11 is 0. The van der Waals surface area contributed by atoms with E-state index in [2.05, 4.69) is 18.7 Å². The molecule has 0 aliphatic carbocycles. The SMILES string of the molecule is CCC1(CC)CCN(CC2(N)CCOC2)C1. The van der Waals surface area contributed by atoms with Gasteiger partial charge in [-0.25, -0.2) is 0 Å². The molecule has 2 saturated heterocycles. The first-order valence-corrected chi connectivity index (χ1v) is 6.70. The maximum Gasteiger partial charge on any atom is 0.0659 e. The van der Waals surface area contributed by atoms with Crippen LogP contribution in [0.15, 0.2) is 0 Å². The number of nitrogens with two attached hydrogens (primary N) is 1. The molecule has 2 heterocycles. The van der Waals surface area contributed by atoms with E-state index in [-0.39, 0.29) is 5.54 Å². The summed E-state index contributed by atoms with van der Waals surface area (Å²) in [6.45, 7) is 9.72. The Kier molecular flexibility index (Phi) is 3.57. The summed E-state index contributed by atoms with van der Waals surface area (Å²) in [6, 6.07) is 0. The molecule has 0 saturated carbocycles. The van der Waals surface area contributed by atoms with Crippen molar-refractivity contribution >= 4 is 0 Å². The normalized spacial score (nSPS) is 34.7. The van der Waals surface area contributed by atoms with Gasteiger partial charge in [0.15, 0.2) is 0 Å². The van der Waals surface area contributed by atoms with Gasteiger partial charge in [-0.2, -0.15) is 0 Å². The molecule has 0 spiro atoms. The molecule has 0 aromatic carbocycles. The highest BCUT2D eigenvalue weighted by Gasteiger charge is 2.39. The number of ether oxygens (including phenoxy) is 1. The molecule has 94 valence electrons. The predicted octanol–water partition coefficient (Wildman–Crippen LogP) is 1.62. The molecule has 2 N–H and O–H groups in total. The molecule has 0 aromatic rings. The average Bonchev–Trinajstić information content (AvgIpc) is 2.87. The van der Waals surface area contributed by atoms with Crippen LogP contribution in [0, 0.1) is 5.41 Å². The van der Waals surface area contributed by atoms with Crippen LogP contribution >= 0.6 is 0 Å². The lowest BCUT2D eigenvalue weighted by molar-refractivity contribution is 0.154. The van der Waals surface area contributed by atoms with Gasteiger partial charge in [-0.05, 0) is 37.6 Å². The largest absolute Gasteiger partial charge is 0.379 e. The monoisotopic (exact) mass is 226 g/mol. The molecule has 0 bridgehead atoms. The smallest absolute Gasteiger partial charge is 0.0659 e. The van der Waals surface area contributed by atoms with E-state index in [0.717, 1.165) is 26.2 Å². The molecule has 2 fully saturated rings. The number of hydrogen-bond donors (Lipinski definition) is 1.